The van der Waals surface area contributed by atoms with Gasteiger partial charge in [-0.25, -0.2) is 0 Å². The van der Waals surface area contributed by atoms with Gasteiger partial charge in [-0.2, -0.15) is 0 Å². The van der Waals surface area contributed by atoms with Crippen molar-refractivity contribution in [3.05, 3.63) is 35.9 Å². The summed E-state index contributed by atoms with van der Waals surface area (Å²) < 4.78 is 0. The summed E-state index contributed by atoms with van der Waals surface area (Å²) in [6, 6.07) is 10.8. The van der Waals surface area contributed by atoms with Crippen molar-refractivity contribution in [2.75, 3.05) is 6.54 Å². The van der Waals surface area contributed by atoms with E-state index in [0.29, 0.717) is 18.4 Å². The van der Waals surface area contributed by atoms with E-state index in [4.69, 9.17) is 0 Å². The largest absolute Gasteiger partial charge is 0.298 e. The number of carbonyl (C=O) groups excluding carboxylic acids is 1. The number of nitrogens with zero attached hydrogens (tertiary/aromatic N) is 1. The van der Waals surface area contributed by atoms with E-state index in [0.717, 1.165) is 19.4 Å². The average molecular weight is 263 g/mol. The Kier molecular flexibility index (Phi) is 10.1. The number of hydrogen-bond acceptors (Lipinski definition) is 2. The molecule has 1 aromatic carbocycles. The third-order valence-electron chi connectivity index (χ3n) is 3.06. The fourth-order valence-electron chi connectivity index (χ4n) is 2.22. The number of carbonyl (C=O) groups is 1. The Balaban J connectivity index is 0.000000741. The van der Waals surface area contributed by atoms with E-state index < -0.39 is 0 Å². The zero-order valence-corrected chi connectivity index (χ0v) is 13.1. The zero-order chi connectivity index (χ0) is 14.7. The molecule has 2 heteroatoms. The van der Waals surface area contributed by atoms with Crippen molar-refractivity contribution in [3.8, 4) is 0 Å². The topological polar surface area (TPSA) is 20.3 Å². The summed E-state index contributed by atoms with van der Waals surface area (Å²) in [6.45, 7) is 11.7. The van der Waals surface area contributed by atoms with Crippen molar-refractivity contribution in [2.24, 2.45) is 0 Å². The zero-order valence-electron chi connectivity index (χ0n) is 13.1. The van der Waals surface area contributed by atoms with Crippen LogP contribution in [-0.2, 0) is 11.3 Å². The van der Waals surface area contributed by atoms with Gasteiger partial charge in [-0.3, -0.25) is 9.69 Å². The lowest BCUT2D eigenvalue weighted by Gasteiger charge is -2.22. The molecule has 0 spiro atoms. The lowest BCUT2D eigenvalue weighted by Crippen LogP contribution is -2.28. The highest BCUT2D eigenvalue weighted by atomic mass is 16.1. The van der Waals surface area contributed by atoms with Crippen molar-refractivity contribution in [1.82, 2.24) is 4.90 Å². The van der Waals surface area contributed by atoms with Crippen molar-refractivity contribution >= 4 is 5.78 Å². The van der Waals surface area contributed by atoms with Crippen molar-refractivity contribution in [1.29, 1.82) is 0 Å². The van der Waals surface area contributed by atoms with E-state index in [-0.39, 0.29) is 0 Å². The highest BCUT2D eigenvalue weighted by Crippen LogP contribution is 2.19. The van der Waals surface area contributed by atoms with Crippen LogP contribution >= 0.6 is 0 Å². The lowest BCUT2D eigenvalue weighted by atomic mass is 10.1. The van der Waals surface area contributed by atoms with E-state index >= 15 is 0 Å². The molecule has 0 amide bonds. The molecule has 0 saturated carbocycles. The Hall–Kier alpha value is -1.15. The minimum atomic E-state index is 0.387. The summed E-state index contributed by atoms with van der Waals surface area (Å²) in [5.74, 6) is 0.387. The Morgan fingerprint density at radius 3 is 2.21 bits per heavy atom. The monoisotopic (exact) mass is 263 g/mol. The number of Topliss-reactive ketones (excluding diaryl/α,β-unsaturated/α-hetero) is 1. The molecule has 1 unspecified atom stereocenters. The van der Waals surface area contributed by atoms with Gasteiger partial charge in [0.1, 0.15) is 5.78 Å². The molecule has 0 bridgehead atoms. The third kappa shape index (κ3) is 6.02. The fourth-order valence-corrected chi connectivity index (χ4v) is 2.22. The molecule has 19 heavy (non-hydrogen) atoms. The molecule has 1 aromatic rings. The maximum atomic E-state index is 11.4. The van der Waals surface area contributed by atoms with Gasteiger partial charge in [-0.05, 0) is 12.0 Å². The molecular weight excluding hydrogens is 234 g/mol. The number of ketones is 1. The van der Waals surface area contributed by atoms with Gasteiger partial charge in [-0.1, -0.05) is 65.0 Å². The minimum Gasteiger partial charge on any atom is -0.298 e. The van der Waals surface area contributed by atoms with Gasteiger partial charge in [0.2, 0.25) is 0 Å². The molecule has 2 rings (SSSR count). The third-order valence-corrected chi connectivity index (χ3v) is 3.06. The fraction of sp³-hybridized carbons (Fsp3) is 0.588. The maximum Gasteiger partial charge on any atom is 0.148 e. The summed E-state index contributed by atoms with van der Waals surface area (Å²) >= 11 is 0. The van der Waals surface area contributed by atoms with Gasteiger partial charge < -0.3 is 0 Å². The minimum absolute atomic E-state index is 0.387. The molecule has 2 nitrogen and oxygen atoms in total. The summed E-state index contributed by atoms with van der Waals surface area (Å²) in [5, 5.41) is 0. The van der Waals surface area contributed by atoms with E-state index in [2.05, 4.69) is 24.0 Å². The molecule has 1 aliphatic rings. The smallest absolute Gasteiger partial charge is 0.148 e. The molecule has 0 N–H and O–H groups in total. The van der Waals surface area contributed by atoms with Crippen LogP contribution in [0.1, 0.15) is 53.0 Å². The van der Waals surface area contributed by atoms with Gasteiger partial charge >= 0.3 is 0 Å². The van der Waals surface area contributed by atoms with Gasteiger partial charge in [0.15, 0.2) is 0 Å². The maximum absolute atomic E-state index is 11.4. The van der Waals surface area contributed by atoms with Gasteiger partial charge in [-0.15, -0.1) is 0 Å². The van der Waals surface area contributed by atoms with E-state index in [1.165, 1.54) is 5.56 Å². The summed E-state index contributed by atoms with van der Waals surface area (Å²) in [4.78, 5) is 13.7. The van der Waals surface area contributed by atoms with Crippen molar-refractivity contribution in [2.45, 2.75) is 60.0 Å². The molecule has 1 heterocycles. The first kappa shape index (κ1) is 17.8. The van der Waals surface area contributed by atoms with Crippen LogP contribution in [0.25, 0.3) is 0 Å². The molecule has 1 aliphatic heterocycles. The van der Waals surface area contributed by atoms with Gasteiger partial charge in [0, 0.05) is 19.0 Å². The second kappa shape index (κ2) is 10.7. The highest BCUT2D eigenvalue weighted by molar-refractivity contribution is 5.83. The highest BCUT2D eigenvalue weighted by Gasteiger charge is 2.28. The average Bonchev–Trinajstić information content (AvgIpc) is 2.84. The second-order valence-electron chi connectivity index (χ2n) is 4.20. The van der Waals surface area contributed by atoms with E-state index in [9.17, 15) is 4.79 Å². The van der Waals surface area contributed by atoms with Crippen LogP contribution in [0.15, 0.2) is 30.3 Å². The number of likely N-dealkylation sites (tertiary alicyclic amines) is 1. The Bertz CT molecular complexity index is 334. The van der Waals surface area contributed by atoms with Gasteiger partial charge in [0.25, 0.3) is 0 Å². The van der Waals surface area contributed by atoms with Crippen LogP contribution in [0.2, 0.25) is 0 Å². The van der Waals surface area contributed by atoms with Crippen LogP contribution in [0, 0.1) is 0 Å². The van der Waals surface area contributed by atoms with E-state index in [1.807, 2.05) is 45.9 Å². The van der Waals surface area contributed by atoms with Crippen LogP contribution in [0.3, 0.4) is 0 Å². The first-order valence-corrected chi connectivity index (χ1v) is 7.59. The second-order valence-corrected chi connectivity index (χ2v) is 4.20. The van der Waals surface area contributed by atoms with Crippen molar-refractivity contribution < 1.29 is 4.79 Å². The molecule has 0 radical (unpaired) electrons. The number of benzene rings is 1. The predicted octanol–water partition coefficient (Wildman–Crippen LogP) is 4.29. The summed E-state index contributed by atoms with van der Waals surface area (Å²) in [6.07, 6.45) is 1.81. The molecule has 1 atom stereocenters. The SMILES string of the molecule is CC.CC.CCC1CC(=O)CN1Cc1ccccc1. The Morgan fingerprint density at radius 2 is 1.68 bits per heavy atom. The quantitative estimate of drug-likeness (QED) is 0.810. The first-order chi connectivity index (χ1) is 9.29. The Morgan fingerprint density at radius 1 is 1.11 bits per heavy atom. The molecule has 1 fully saturated rings. The van der Waals surface area contributed by atoms with Crippen LogP contribution in [0.5, 0.6) is 0 Å². The van der Waals surface area contributed by atoms with Crippen LogP contribution in [-0.4, -0.2) is 23.3 Å². The Labute approximate surface area is 118 Å². The molecule has 108 valence electrons. The van der Waals surface area contributed by atoms with Crippen LogP contribution in [0.4, 0.5) is 0 Å². The number of rotatable bonds is 3. The summed E-state index contributed by atoms with van der Waals surface area (Å²) in [5.41, 5.74) is 1.30. The first-order valence-electron chi connectivity index (χ1n) is 7.59. The van der Waals surface area contributed by atoms with Crippen molar-refractivity contribution in [3.63, 3.8) is 0 Å². The van der Waals surface area contributed by atoms with E-state index in [1.54, 1.807) is 0 Å². The van der Waals surface area contributed by atoms with Crippen LogP contribution < -0.4 is 0 Å². The molecule has 0 aromatic heterocycles. The molecular formula is C17H29NO. The normalized spacial score (nSPS) is 18.2. The lowest BCUT2D eigenvalue weighted by molar-refractivity contribution is -0.117. The number of hydrogen-bond donors (Lipinski definition) is 0. The standard InChI is InChI=1S/C13H17NO.2C2H6/c1-2-12-8-13(15)10-14(12)9-11-6-4-3-5-7-11;2*1-2/h3-7,12H,2,8-10H2,1H3;2*1-2H3. The van der Waals surface area contributed by atoms with Gasteiger partial charge in [0.05, 0.1) is 6.54 Å². The summed E-state index contributed by atoms with van der Waals surface area (Å²) in [7, 11) is 0. The molecule has 1 saturated heterocycles. The molecule has 0 aliphatic carbocycles. The predicted molar refractivity (Wildman–Crippen MR) is 83.3 cm³/mol.